The molecule has 11 heteroatoms. The topological polar surface area (TPSA) is 137 Å². The summed E-state index contributed by atoms with van der Waals surface area (Å²) in [5.74, 6) is -0.410. The van der Waals surface area contributed by atoms with Crippen LogP contribution in [0.1, 0.15) is 48.3 Å². The van der Waals surface area contributed by atoms with Gasteiger partial charge in [-0.05, 0) is 56.4 Å². The monoisotopic (exact) mass is 475 g/mol. The number of fused-ring (bicyclic) bond motifs is 2. The number of halogens is 1. The molecule has 176 valence electrons. The molecule has 1 unspecified atom stereocenters. The molecule has 0 fully saturated rings. The van der Waals surface area contributed by atoms with Crippen molar-refractivity contribution in [1.82, 2.24) is 9.97 Å². The summed E-state index contributed by atoms with van der Waals surface area (Å²) in [5, 5.41) is 2.77. The van der Waals surface area contributed by atoms with E-state index in [9.17, 15) is 17.6 Å². The number of hydrogen-bond donors (Lipinski definition) is 2. The second-order valence-corrected chi connectivity index (χ2v) is 11.3. The number of hydrogen-bond acceptors (Lipinski definition) is 8. The second kappa shape index (κ2) is 8.36. The molecule has 1 spiro atoms. The highest BCUT2D eigenvalue weighted by Crippen LogP contribution is 2.45. The van der Waals surface area contributed by atoms with E-state index in [1.165, 1.54) is 12.4 Å². The average molecular weight is 476 g/mol. The van der Waals surface area contributed by atoms with E-state index in [1.807, 2.05) is 6.07 Å². The van der Waals surface area contributed by atoms with Crippen molar-refractivity contribution < 1.29 is 22.3 Å². The number of sulfone groups is 1. The number of benzene rings is 1. The Hall–Kier alpha value is -3.08. The summed E-state index contributed by atoms with van der Waals surface area (Å²) in [7, 11) is -3.55. The van der Waals surface area contributed by atoms with E-state index in [2.05, 4.69) is 15.3 Å². The van der Waals surface area contributed by atoms with Crippen molar-refractivity contribution in [3.8, 4) is 5.88 Å². The third-order valence-corrected chi connectivity index (χ3v) is 8.87. The number of aryl methyl sites for hydroxylation is 1. The number of amides is 1. The summed E-state index contributed by atoms with van der Waals surface area (Å²) >= 11 is 0. The lowest BCUT2D eigenvalue weighted by atomic mass is 9.77. The standard InChI is InChI=1S/C22H26FN5O4S/c1-21(2)20(24)28-22(13-33(21,30)31)7-3-4-14-5-6-15(10-16(14)22)27-19(29)17-11-26-18(12-25-17)32-9-8-23/h5-6,10-12H,3-4,7-9,13H2,1-2H3,(H2,24,28)(H,27,29). The van der Waals surface area contributed by atoms with Gasteiger partial charge in [0.2, 0.25) is 5.88 Å². The molecule has 9 nitrogen and oxygen atoms in total. The van der Waals surface area contributed by atoms with Gasteiger partial charge in [-0.3, -0.25) is 9.79 Å². The maximum Gasteiger partial charge on any atom is 0.275 e. The zero-order valence-electron chi connectivity index (χ0n) is 18.5. The maximum atomic E-state index is 13.1. The van der Waals surface area contributed by atoms with Crippen LogP contribution in [0.25, 0.3) is 0 Å². The van der Waals surface area contributed by atoms with E-state index in [0.717, 1.165) is 24.0 Å². The van der Waals surface area contributed by atoms with Gasteiger partial charge in [0.25, 0.3) is 5.91 Å². The average Bonchev–Trinajstić information content (AvgIpc) is 2.77. The van der Waals surface area contributed by atoms with Gasteiger partial charge in [-0.1, -0.05) is 6.07 Å². The molecule has 0 bridgehead atoms. The molecule has 0 saturated carbocycles. The fourth-order valence-electron chi connectivity index (χ4n) is 4.18. The van der Waals surface area contributed by atoms with Crippen LogP contribution in [0.5, 0.6) is 5.88 Å². The first-order valence-corrected chi connectivity index (χ1v) is 12.3. The molecule has 2 aromatic rings. The first-order chi connectivity index (χ1) is 15.6. The number of rotatable bonds is 5. The number of carbonyl (C=O) groups is 1. The Morgan fingerprint density at radius 1 is 1.27 bits per heavy atom. The summed E-state index contributed by atoms with van der Waals surface area (Å²) in [5.41, 5.74) is 7.45. The molecule has 0 radical (unpaired) electrons. The van der Waals surface area contributed by atoms with Gasteiger partial charge in [-0.25, -0.2) is 22.8 Å². The predicted octanol–water partition coefficient (Wildman–Crippen LogP) is 2.17. The fraction of sp³-hybridized carbons (Fsp3) is 0.455. The number of carbonyl (C=O) groups excluding carboxylic acids is 1. The molecular weight excluding hydrogens is 449 g/mol. The summed E-state index contributed by atoms with van der Waals surface area (Å²) in [6, 6.07) is 5.41. The van der Waals surface area contributed by atoms with Crippen LogP contribution >= 0.6 is 0 Å². The summed E-state index contributed by atoms with van der Waals surface area (Å²) in [6.45, 7) is 2.35. The summed E-state index contributed by atoms with van der Waals surface area (Å²) in [4.78, 5) is 25.3. The van der Waals surface area contributed by atoms with Gasteiger partial charge < -0.3 is 15.8 Å². The highest BCUT2D eigenvalue weighted by atomic mass is 32.2. The minimum Gasteiger partial charge on any atom is -0.474 e. The van der Waals surface area contributed by atoms with E-state index in [1.54, 1.807) is 26.0 Å². The molecule has 1 amide bonds. The first-order valence-electron chi connectivity index (χ1n) is 10.6. The van der Waals surface area contributed by atoms with Gasteiger partial charge in [0.1, 0.15) is 35.1 Å². The zero-order chi connectivity index (χ0) is 23.9. The fourth-order valence-corrected chi connectivity index (χ4v) is 5.89. The lowest BCUT2D eigenvalue weighted by molar-refractivity contribution is 0.102. The summed E-state index contributed by atoms with van der Waals surface area (Å²) in [6.07, 6.45) is 4.62. The number of amidine groups is 1. The molecule has 1 atom stereocenters. The lowest BCUT2D eigenvalue weighted by Gasteiger charge is -2.43. The number of nitrogens with zero attached hydrogens (tertiary/aromatic N) is 3. The second-order valence-electron chi connectivity index (χ2n) is 8.75. The van der Waals surface area contributed by atoms with Crippen molar-refractivity contribution in [3.63, 3.8) is 0 Å². The Labute approximate surface area is 191 Å². The van der Waals surface area contributed by atoms with E-state index in [4.69, 9.17) is 15.5 Å². The van der Waals surface area contributed by atoms with Crippen molar-refractivity contribution in [2.75, 3.05) is 24.4 Å². The van der Waals surface area contributed by atoms with Crippen LogP contribution in [-0.2, 0) is 21.8 Å². The Kier molecular flexibility index (Phi) is 5.85. The quantitative estimate of drug-likeness (QED) is 0.676. The molecule has 2 heterocycles. The molecule has 3 N–H and O–H groups in total. The minimum absolute atomic E-state index is 0.0549. The molecule has 33 heavy (non-hydrogen) atoms. The van der Waals surface area contributed by atoms with Gasteiger partial charge in [-0.15, -0.1) is 0 Å². The van der Waals surface area contributed by atoms with E-state index >= 15 is 0 Å². The number of nitrogens with two attached hydrogens (primary N) is 1. The first kappa shape index (κ1) is 23.1. The SMILES string of the molecule is CC1(C)C(N)=NC2(CCCc3ccc(NC(=O)c4cnc(OCCF)cn4)cc32)CS1(=O)=O. The van der Waals surface area contributed by atoms with Crippen molar-refractivity contribution in [1.29, 1.82) is 0 Å². The van der Waals surface area contributed by atoms with E-state index < -0.39 is 32.7 Å². The Balaban J connectivity index is 1.63. The molecule has 1 aromatic carbocycles. The van der Waals surface area contributed by atoms with Gasteiger partial charge in [-0.2, -0.15) is 0 Å². The van der Waals surface area contributed by atoms with Gasteiger partial charge in [0, 0.05) is 5.69 Å². The predicted molar refractivity (Wildman–Crippen MR) is 122 cm³/mol. The minimum atomic E-state index is -3.55. The van der Waals surface area contributed by atoms with Gasteiger partial charge in [0.05, 0.1) is 18.1 Å². The van der Waals surface area contributed by atoms with Crippen LogP contribution < -0.4 is 15.8 Å². The summed E-state index contributed by atoms with van der Waals surface area (Å²) < 4.78 is 42.1. The van der Waals surface area contributed by atoms with Crippen LogP contribution in [0.2, 0.25) is 0 Å². The Bertz CT molecular complexity index is 1210. The number of alkyl halides is 1. The number of aliphatic imine (C=N–C) groups is 1. The zero-order valence-corrected chi connectivity index (χ0v) is 19.3. The van der Waals surface area contributed by atoms with Crippen LogP contribution in [0, 0.1) is 0 Å². The van der Waals surface area contributed by atoms with Crippen molar-refractivity contribution in [2.24, 2.45) is 10.7 Å². The van der Waals surface area contributed by atoms with E-state index in [-0.39, 0.29) is 29.8 Å². The normalized spacial score (nSPS) is 22.8. The number of anilines is 1. The van der Waals surface area contributed by atoms with Crippen LogP contribution in [0.3, 0.4) is 0 Å². The highest BCUT2D eigenvalue weighted by molar-refractivity contribution is 7.93. The maximum absolute atomic E-state index is 13.1. The smallest absolute Gasteiger partial charge is 0.275 e. The molecule has 0 saturated heterocycles. The van der Waals surface area contributed by atoms with E-state index in [0.29, 0.717) is 12.1 Å². The van der Waals surface area contributed by atoms with Crippen LogP contribution in [0.4, 0.5) is 10.1 Å². The molecular formula is C22H26FN5O4S. The highest BCUT2D eigenvalue weighted by Gasteiger charge is 2.51. The van der Waals surface area contributed by atoms with Crippen LogP contribution in [-0.4, -0.2) is 53.9 Å². The molecule has 1 aliphatic carbocycles. The Morgan fingerprint density at radius 3 is 2.73 bits per heavy atom. The number of aromatic nitrogens is 2. The molecule has 1 aliphatic heterocycles. The lowest BCUT2D eigenvalue weighted by Crippen LogP contribution is -2.56. The number of ether oxygens (including phenoxy) is 1. The molecule has 2 aliphatic rings. The van der Waals surface area contributed by atoms with Gasteiger partial charge >= 0.3 is 0 Å². The third kappa shape index (κ3) is 4.17. The largest absolute Gasteiger partial charge is 0.474 e. The van der Waals surface area contributed by atoms with Crippen molar-refractivity contribution >= 4 is 27.3 Å². The third-order valence-electron chi connectivity index (χ3n) is 6.25. The Morgan fingerprint density at radius 2 is 2.06 bits per heavy atom. The molecule has 4 rings (SSSR count). The van der Waals surface area contributed by atoms with Gasteiger partial charge in [0.15, 0.2) is 9.84 Å². The van der Waals surface area contributed by atoms with Crippen molar-refractivity contribution in [3.05, 3.63) is 47.4 Å². The van der Waals surface area contributed by atoms with Crippen LogP contribution in [0.15, 0.2) is 35.6 Å². The van der Waals surface area contributed by atoms with Crippen molar-refractivity contribution in [2.45, 2.75) is 43.4 Å². The molecule has 1 aromatic heterocycles. The number of nitrogens with one attached hydrogen (secondary N) is 1.